The highest BCUT2D eigenvalue weighted by molar-refractivity contribution is 5.35. The van der Waals surface area contributed by atoms with Crippen molar-refractivity contribution in [2.24, 2.45) is 5.92 Å². The summed E-state index contributed by atoms with van der Waals surface area (Å²) < 4.78 is 5.59. The van der Waals surface area contributed by atoms with Gasteiger partial charge < -0.3 is 9.84 Å². The minimum atomic E-state index is -0.398. The van der Waals surface area contributed by atoms with E-state index in [4.69, 9.17) is 4.74 Å². The lowest BCUT2D eigenvalue weighted by Crippen LogP contribution is -2.23. The van der Waals surface area contributed by atoms with Crippen LogP contribution in [0, 0.1) is 19.8 Å². The molecule has 0 aliphatic rings. The molecule has 0 saturated carbocycles. The van der Waals surface area contributed by atoms with Gasteiger partial charge in [0.25, 0.3) is 0 Å². The highest BCUT2D eigenvalue weighted by Crippen LogP contribution is 2.19. The molecule has 1 N–H and O–H groups in total. The van der Waals surface area contributed by atoms with Crippen LogP contribution < -0.4 is 4.74 Å². The summed E-state index contributed by atoms with van der Waals surface area (Å²) in [5, 5.41) is 9.62. The average molecular weight is 208 g/mol. The molecule has 1 rings (SSSR count). The molecule has 0 aliphatic carbocycles. The van der Waals surface area contributed by atoms with Gasteiger partial charge in [0.1, 0.15) is 12.4 Å². The van der Waals surface area contributed by atoms with Crippen LogP contribution in [0.5, 0.6) is 5.75 Å². The van der Waals surface area contributed by atoms with Crippen molar-refractivity contribution in [3.8, 4) is 5.75 Å². The first kappa shape index (κ1) is 12.1. The van der Waals surface area contributed by atoms with E-state index in [1.165, 1.54) is 5.56 Å². The molecule has 0 heterocycles. The van der Waals surface area contributed by atoms with Crippen molar-refractivity contribution in [1.29, 1.82) is 0 Å². The molecule has 0 aliphatic heterocycles. The number of hydrogen-bond donors (Lipinski definition) is 1. The molecule has 84 valence electrons. The Balaban J connectivity index is 2.61. The van der Waals surface area contributed by atoms with E-state index in [0.29, 0.717) is 6.61 Å². The maximum absolute atomic E-state index is 9.62. The van der Waals surface area contributed by atoms with Crippen molar-refractivity contribution in [2.45, 2.75) is 33.8 Å². The van der Waals surface area contributed by atoms with E-state index in [9.17, 15) is 5.11 Å². The van der Waals surface area contributed by atoms with Crippen molar-refractivity contribution < 1.29 is 9.84 Å². The zero-order valence-corrected chi connectivity index (χ0v) is 9.95. The van der Waals surface area contributed by atoms with Gasteiger partial charge >= 0.3 is 0 Å². The average Bonchev–Trinajstić information content (AvgIpc) is 2.18. The Morgan fingerprint density at radius 1 is 1.27 bits per heavy atom. The highest BCUT2D eigenvalue weighted by atomic mass is 16.5. The summed E-state index contributed by atoms with van der Waals surface area (Å²) in [5.74, 6) is 1.10. The normalized spacial score (nSPS) is 12.9. The van der Waals surface area contributed by atoms with E-state index in [2.05, 4.69) is 6.07 Å². The first-order valence-electron chi connectivity index (χ1n) is 5.39. The second-order valence-electron chi connectivity index (χ2n) is 4.39. The van der Waals surface area contributed by atoms with Crippen LogP contribution in [0.15, 0.2) is 18.2 Å². The first-order valence-corrected chi connectivity index (χ1v) is 5.39. The Morgan fingerprint density at radius 2 is 1.93 bits per heavy atom. The molecule has 0 saturated heterocycles. The number of aliphatic hydroxyl groups is 1. The van der Waals surface area contributed by atoms with Crippen LogP contribution in [-0.4, -0.2) is 17.8 Å². The summed E-state index contributed by atoms with van der Waals surface area (Å²) in [7, 11) is 0. The van der Waals surface area contributed by atoms with Crippen LogP contribution in [0.25, 0.3) is 0 Å². The lowest BCUT2D eigenvalue weighted by molar-refractivity contribution is 0.0698. The minimum absolute atomic E-state index is 0.232. The third-order valence-corrected chi connectivity index (χ3v) is 2.52. The van der Waals surface area contributed by atoms with Gasteiger partial charge in [-0.25, -0.2) is 0 Å². The van der Waals surface area contributed by atoms with E-state index in [1.807, 2.05) is 39.8 Å². The third kappa shape index (κ3) is 3.56. The first-order chi connectivity index (χ1) is 7.00. The number of aliphatic hydroxyl groups excluding tert-OH is 1. The van der Waals surface area contributed by atoms with Gasteiger partial charge in [0.05, 0.1) is 6.10 Å². The van der Waals surface area contributed by atoms with Crippen molar-refractivity contribution in [3.05, 3.63) is 29.3 Å². The molecule has 15 heavy (non-hydrogen) atoms. The monoisotopic (exact) mass is 208 g/mol. The van der Waals surface area contributed by atoms with E-state index in [1.54, 1.807) is 0 Å². The summed E-state index contributed by atoms with van der Waals surface area (Å²) in [6.45, 7) is 8.37. The second kappa shape index (κ2) is 5.17. The van der Waals surface area contributed by atoms with Gasteiger partial charge in [-0.2, -0.15) is 0 Å². The SMILES string of the molecule is Cc1ccc(C)c(OCC(O)C(C)C)c1. The molecule has 0 spiro atoms. The van der Waals surface area contributed by atoms with Crippen LogP contribution in [0.4, 0.5) is 0 Å². The van der Waals surface area contributed by atoms with Gasteiger partial charge in [-0.3, -0.25) is 0 Å². The van der Waals surface area contributed by atoms with Crippen LogP contribution >= 0.6 is 0 Å². The van der Waals surface area contributed by atoms with E-state index in [0.717, 1.165) is 11.3 Å². The lowest BCUT2D eigenvalue weighted by Gasteiger charge is -2.16. The number of aryl methyl sites for hydroxylation is 2. The number of ether oxygens (including phenoxy) is 1. The predicted molar refractivity (Wildman–Crippen MR) is 62.3 cm³/mol. The van der Waals surface area contributed by atoms with Gasteiger partial charge in [0.15, 0.2) is 0 Å². The fraction of sp³-hybridized carbons (Fsp3) is 0.538. The third-order valence-electron chi connectivity index (χ3n) is 2.52. The minimum Gasteiger partial charge on any atom is -0.491 e. The van der Waals surface area contributed by atoms with Crippen LogP contribution in [-0.2, 0) is 0 Å². The summed E-state index contributed by atoms with van der Waals surface area (Å²) in [6.07, 6.45) is -0.398. The molecule has 0 bridgehead atoms. The lowest BCUT2D eigenvalue weighted by atomic mass is 10.1. The summed E-state index contributed by atoms with van der Waals surface area (Å²) in [5.41, 5.74) is 2.28. The molecule has 0 fully saturated rings. The molecule has 1 unspecified atom stereocenters. The molecular weight excluding hydrogens is 188 g/mol. The van der Waals surface area contributed by atoms with Gasteiger partial charge in [0, 0.05) is 0 Å². The Kier molecular flexibility index (Phi) is 4.15. The maximum atomic E-state index is 9.62. The molecule has 2 nitrogen and oxygen atoms in total. The Hall–Kier alpha value is -1.02. The Labute approximate surface area is 91.9 Å². The number of hydrogen-bond acceptors (Lipinski definition) is 2. The quantitative estimate of drug-likeness (QED) is 0.824. The Morgan fingerprint density at radius 3 is 2.53 bits per heavy atom. The van der Waals surface area contributed by atoms with Crippen molar-refractivity contribution >= 4 is 0 Å². The molecule has 1 aromatic carbocycles. The summed E-state index contributed by atoms with van der Waals surface area (Å²) in [6, 6.07) is 6.09. The van der Waals surface area contributed by atoms with Crippen molar-refractivity contribution in [1.82, 2.24) is 0 Å². The predicted octanol–water partition coefficient (Wildman–Crippen LogP) is 2.70. The van der Waals surface area contributed by atoms with Crippen molar-refractivity contribution in [2.75, 3.05) is 6.61 Å². The Bertz CT molecular complexity index is 318. The topological polar surface area (TPSA) is 29.5 Å². The summed E-state index contributed by atoms with van der Waals surface area (Å²) in [4.78, 5) is 0. The molecule has 0 radical (unpaired) electrons. The molecular formula is C13H20O2. The molecule has 1 atom stereocenters. The van der Waals surface area contributed by atoms with Gasteiger partial charge in [0.2, 0.25) is 0 Å². The van der Waals surface area contributed by atoms with Crippen LogP contribution in [0.3, 0.4) is 0 Å². The second-order valence-corrected chi connectivity index (χ2v) is 4.39. The smallest absolute Gasteiger partial charge is 0.122 e. The van der Waals surface area contributed by atoms with E-state index in [-0.39, 0.29) is 5.92 Å². The maximum Gasteiger partial charge on any atom is 0.122 e. The number of benzene rings is 1. The van der Waals surface area contributed by atoms with Gasteiger partial charge in [-0.1, -0.05) is 26.0 Å². The summed E-state index contributed by atoms with van der Waals surface area (Å²) >= 11 is 0. The number of rotatable bonds is 4. The molecule has 0 aromatic heterocycles. The fourth-order valence-corrected chi connectivity index (χ4v) is 1.23. The van der Waals surface area contributed by atoms with Gasteiger partial charge in [-0.15, -0.1) is 0 Å². The zero-order chi connectivity index (χ0) is 11.4. The standard InChI is InChI=1S/C13H20O2/c1-9(2)12(14)8-15-13-7-10(3)5-6-11(13)4/h5-7,9,12,14H,8H2,1-4H3. The zero-order valence-electron chi connectivity index (χ0n) is 9.95. The van der Waals surface area contributed by atoms with E-state index >= 15 is 0 Å². The van der Waals surface area contributed by atoms with Crippen LogP contribution in [0.1, 0.15) is 25.0 Å². The molecule has 0 amide bonds. The van der Waals surface area contributed by atoms with E-state index < -0.39 is 6.10 Å². The largest absolute Gasteiger partial charge is 0.491 e. The highest BCUT2D eigenvalue weighted by Gasteiger charge is 2.10. The molecule has 1 aromatic rings. The molecule has 2 heteroatoms. The van der Waals surface area contributed by atoms with Crippen LogP contribution in [0.2, 0.25) is 0 Å². The fourth-order valence-electron chi connectivity index (χ4n) is 1.23. The van der Waals surface area contributed by atoms with Crippen molar-refractivity contribution in [3.63, 3.8) is 0 Å². The van der Waals surface area contributed by atoms with Gasteiger partial charge in [-0.05, 0) is 37.0 Å².